The molecule has 20 N–H and O–H groups in total. The Bertz CT molecular complexity index is 4130. The number of aliphatic carboxylic acids is 3. The molecule has 3 aliphatic rings. The molecule has 0 radical (unpaired) electrons. The van der Waals surface area contributed by atoms with Crippen LogP contribution in [-0.4, -0.2) is 204 Å². The molecule has 9 atom stereocenters. The summed E-state index contributed by atoms with van der Waals surface area (Å²) in [5, 5.41) is 76.6. The predicted molar refractivity (Wildman–Crippen MR) is 380 cm³/mol. The lowest BCUT2D eigenvalue weighted by atomic mass is 9.77. The van der Waals surface area contributed by atoms with E-state index < -0.39 is 193 Å². The number of nitrogens with two attached hydrogens (primary N) is 2. The first kappa shape index (κ1) is 82.8. The molecule has 1 spiro atoms. The molecule has 578 valence electrons. The van der Waals surface area contributed by atoms with E-state index in [0.29, 0.717) is 40.8 Å². The molecule has 38 heteroatoms. The van der Waals surface area contributed by atoms with Crippen LogP contribution in [-0.2, 0) is 88.7 Å². The van der Waals surface area contributed by atoms with Crippen LogP contribution in [0, 0.1) is 5.92 Å². The Balaban J connectivity index is 0.929. The van der Waals surface area contributed by atoms with E-state index in [9.17, 15) is 102 Å². The molecule has 4 aromatic rings. The Morgan fingerprint density at radius 3 is 1.68 bits per heavy atom. The van der Waals surface area contributed by atoms with Gasteiger partial charge in [-0.25, -0.2) is 4.79 Å². The zero-order valence-corrected chi connectivity index (χ0v) is 59.7. The van der Waals surface area contributed by atoms with Crippen LogP contribution in [0.15, 0.2) is 84.9 Å². The number of aromatic hydroxyl groups is 2. The predicted octanol–water partition coefficient (Wildman–Crippen LogP) is -1.78. The van der Waals surface area contributed by atoms with E-state index >= 15 is 0 Å². The van der Waals surface area contributed by atoms with Gasteiger partial charge in [-0.05, 0) is 106 Å². The molecular formula is C70H84N14O23S. The quantitative estimate of drug-likeness (QED) is 0.0135. The van der Waals surface area contributed by atoms with E-state index in [1.807, 2.05) is 5.32 Å². The maximum absolute atomic E-state index is 14.3. The maximum atomic E-state index is 14.3. The summed E-state index contributed by atoms with van der Waals surface area (Å²) in [5.74, 6) is -18.4. The normalized spacial score (nSPS) is 15.7. The van der Waals surface area contributed by atoms with E-state index in [1.54, 1.807) is 56.3 Å². The first-order valence-corrected chi connectivity index (χ1v) is 34.5. The first-order chi connectivity index (χ1) is 51.0. The van der Waals surface area contributed by atoms with E-state index in [0.717, 1.165) is 6.92 Å². The van der Waals surface area contributed by atoms with E-state index in [-0.39, 0.29) is 78.4 Å². The van der Waals surface area contributed by atoms with Gasteiger partial charge in [0.05, 0.1) is 31.4 Å². The molecule has 0 aromatic heterocycles. The minimum absolute atomic E-state index is 0.110. The number of benzene rings is 4. The topological polar surface area (TPSA) is 580 Å². The summed E-state index contributed by atoms with van der Waals surface area (Å²) in [4.78, 5) is 211. The van der Waals surface area contributed by atoms with Crippen molar-refractivity contribution in [2.75, 3.05) is 25.0 Å². The second-order valence-corrected chi connectivity index (χ2v) is 26.5. The number of carbonyl (C=O) groups is 16. The molecule has 3 aliphatic heterocycles. The summed E-state index contributed by atoms with van der Waals surface area (Å²) in [7, 11) is 0. The van der Waals surface area contributed by atoms with Crippen molar-refractivity contribution < 1.29 is 112 Å². The minimum atomic E-state index is -2.16. The van der Waals surface area contributed by atoms with Crippen molar-refractivity contribution in [2.45, 2.75) is 158 Å². The average molecular weight is 1520 g/mol. The van der Waals surface area contributed by atoms with Crippen LogP contribution >= 0.6 is 12.2 Å². The van der Waals surface area contributed by atoms with Crippen molar-refractivity contribution in [1.29, 1.82) is 0 Å². The van der Waals surface area contributed by atoms with E-state index in [2.05, 4.69) is 53.2 Å². The highest BCUT2D eigenvalue weighted by Crippen LogP contribution is 2.57. The molecule has 0 saturated carbocycles. The molecule has 7 rings (SSSR count). The highest BCUT2D eigenvalue weighted by molar-refractivity contribution is 7.80. The number of primary amides is 2. The molecule has 3 heterocycles. The smallest absolute Gasteiger partial charge is 0.340 e. The summed E-state index contributed by atoms with van der Waals surface area (Å²) in [6.07, 6.45) is -3.94. The number of phenolic OH excluding ortho intramolecular Hbond substituents is 2. The van der Waals surface area contributed by atoms with E-state index in [4.69, 9.17) is 33.2 Å². The summed E-state index contributed by atoms with van der Waals surface area (Å²) < 4.78 is 12.1. The van der Waals surface area contributed by atoms with E-state index in [1.165, 1.54) is 54.3 Å². The van der Waals surface area contributed by atoms with Crippen molar-refractivity contribution in [1.82, 2.24) is 58.1 Å². The lowest BCUT2D eigenvalue weighted by Crippen LogP contribution is -2.60. The van der Waals surface area contributed by atoms with Crippen molar-refractivity contribution in [3.63, 3.8) is 0 Å². The maximum Gasteiger partial charge on any atom is 0.340 e. The number of ether oxygens (including phenoxy) is 2. The third kappa shape index (κ3) is 22.3. The summed E-state index contributed by atoms with van der Waals surface area (Å²) in [5.41, 5.74) is 11.7. The van der Waals surface area contributed by atoms with Gasteiger partial charge in [-0.15, -0.1) is 0 Å². The molecule has 0 bridgehead atoms. The van der Waals surface area contributed by atoms with Crippen LogP contribution < -0.4 is 74.7 Å². The van der Waals surface area contributed by atoms with Crippen molar-refractivity contribution in [3.05, 3.63) is 113 Å². The van der Waals surface area contributed by atoms with Gasteiger partial charge >= 0.3 is 23.9 Å². The highest BCUT2D eigenvalue weighted by Gasteiger charge is 2.54. The fraction of sp³-hybridized carbons (Fsp3) is 0.414. The number of phenols is 2. The van der Waals surface area contributed by atoms with Gasteiger partial charge in [0.2, 0.25) is 70.9 Å². The van der Waals surface area contributed by atoms with Gasteiger partial charge in [0.15, 0.2) is 10.7 Å². The van der Waals surface area contributed by atoms with Crippen LogP contribution in [0.3, 0.4) is 0 Å². The van der Waals surface area contributed by atoms with Gasteiger partial charge in [0, 0.05) is 67.4 Å². The van der Waals surface area contributed by atoms with Gasteiger partial charge in [0.25, 0.3) is 0 Å². The van der Waals surface area contributed by atoms with Gasteiger partial charge in [-0.3, -0.25) is 71.9 Å². The number of hydrogen-bond donors (Lipinski definition) is 18. The van der Waals surface area contributed by atoms with Gasteiger partial charge in [-0.1, -0.05) is 50.2 Å². The van der Waals surface area contributed by atoms with Gasteiger partial charge in [0.1, 0.15) is 77.4 Å². The average Bonchev–Trinajstić information content (AvgIpc) is 1.49. The lowest BCUT2D eigenvalue weighted by Gasteiger charge is -2.36. The monoisotopic (exact) mass is 1520 g/mol. The first-order valence-electron chi connectivity index (χ1n) is 34.1. The Hall–Kier alpha value is -12.5. The molecule has 37 nitrogen and oxygen atoms in total. The Labute approximate surface area is 621 Å². The number of fused-ring (bicyclic) bond motifs is 6. The van der Waals surface area contributed by atoms with Gasteiger partial charge < -0.3 is 110 Å². The van der Waals surface area contributed by atoms with Crippen LogP contribution in [0.1, 0.15) is 125 Å². The van der Waals surface area contributed by atoms with Crippen molar-refractivity contribution in [2.24, 2.45) is 17.4 Å². The Morgan fingerprint density at radius 1 is 0.602 bits per heavy atom. The summed E-state index contributed by atoms with van der Waals surface area (Å²) in [6, 6.07) is 6.45. The number of nitrogens with zero attached hydrogens (tertiary/aromatic N) is 1. The zero-order valence-electron chi connectivity index (χ0n) is 58.9. The number of carbonyl (C=O) groups excluding carboxylic acids is 13. The molecule has 0 unspecified atom stereocenters. The lowest BCUT2D eigenvalue weighted by molar-refractivity contribution is -0.143. The number of hydrogen-bond acceptors (Lipinski definition) is 21. The Morgan fingerprint density at radius 2 is 1.13 bits per heavy atom. The molecule has 1 fully saturated rings. The number of anilines is 1. The molecule has 1 saturated heterocycles. The number of carboxylic acid groups (broad SMARTS) is 3. The van der Waals surface area contributed by atoms with Crippen molar-refractivity contribution in [3.8, 4) is 23.0 Å². The third-order valence-electron chi connectivity index (χ3n) is 17.5. The Kier molecular flexibility index (Phi) is 28.7. The number of nitrogens with one attached hydrogen (secondary N) is 11. The number of carboxylic acids is 3. The number of amides is 12. The standard InChI is InChI=1S/C70H84N14O23S/c1-33(2)58(76-35(4)85)67(104)84-24-10-14-50(84)66(103)74-32-54(89)78-45(21-22-53(71)88)61(98)81-46(25-36-11-6-5-7-12-36)63(100)83-49(31-57(94)95)65(102)82-47(29-55(90)91)62(99)75-34(3)60(97)80-48(30-56(92)93)64(101)79-44(59(72)96)13-8-9-23-73-69(108)77-37-15-18-41-40(26-37)68(105)107-70(41)42-19-16-38(86)27-51(42)106-52-28-39(87)17-20-43(52)70/h5-7,11-12,15-20,26-28,33-34,44-50,58,86-87H,8-10,13-14,21-25,29-32H2,1-4H3,(H2,71,88)(H2,72,96)(H,74,103)(H,75,99)(H,76,85)(H,78,89)(H,79,101)(H,80,97)(H,81,98)(H,82,102)(H,83,100)(H,90,91)(H,92,93)(H,94,95)(H2,73,77,108)/t34-,44-,45-,46-,47-,48-,49-,50-,58-/m0/s1. The van der Waals surface area contributed by atoms with Gasteiger partial charge in [-0.2, -0.15) is 0 Å². The summed E-state index contributed by atoms with van der Waals surface area (Å²) in [6.45, 7) is 5.26. The van der Waals surface area contributed by atoms with Crippen LogP contribution in [0.2, 0.25) is 0 Å². The highest BCUT2D eigenvalue weighted by atomic mass is 32.1. The fourth-order valence-corrected chi connectivity index (χ4v) is 12.4. The molecule has 12 amide bonds. The zero-order chi connectivity index (χ0) is 79.4. The number of unbranched alkanes of at least 4 members (excludes halogenated alkanes) is 1. The molecule has 0 aliphatic carbocycles. The van der Waals surface area contributed by atoms with Crippen molar-refractivity contribution >= 4 is 118 Å². The second-order valence-electron chi connectivity index (χ2n) is 26.0. The largest absolute Gasteiger partial charge is 0.508 e. The van der Waals surface area contributed by atoms with Crippen LogP contribution in [0.4, 0.5) is 5.69 Å². The molecule has 4 aromatic carbocycles. The number of rotatable bonds is 37. The summed E-state index contributed by atoms with van der Waals surface area (Å²) >= 11 is 5.50. The number of esters is 1. The van der Waals surface area contributed by atoms with Crippen LogP contribution in [0.5, 0.6) is 23.0 Å². The second kappa shape index (κ2) is 37.5. The minimum Gasteiger partial charge on any atom is -0.508 e. The fourth-order valence-electron chi connectivity index (χ4n) is 12.2. The molecular weight excluding hydrogens is 1440 g/mol. The number of thiocarbonyl (C=S) groups is 1. The van der Waals surface area contributed by atoms with Crippen LogP contribution in [0.25, 0.3) is 0 Å². The molecule has 108 heavy (non-hydrogen) atoms. The SMILES string of the molecule is CC(=O)N[C@H](C(=O)N1CCC[C@H]1C(=O)NCC(=O)N[C@@H](CCC(N)=O)C(=O)N[C@@H](Cc1ccccc1)C(=O)N[C@@H](CC(=O)O)C(=O)N[C@@H](CC(=O)O)C(=O)N[C@@H](C)C(=O)N[C@@H](CC(=O)O)C(=O)N[C@@H](CCCCNC(=S)Nc1ccc2c(c1)C(=O)OC21c2ccc(O)cc2Oc2cc(O)ccc21)C(N)=O)C(C)C. The third-order valence-corrected chi connectivity index (χ3v) is 17.7. The number of likely N-dealkylation sites (tertiary alicyclic amines) is 1.